The van der Waals surface area contributed by atoms with Crippen molar-refractivity contribution in [3.8, 4) is 11.5 Å². The quantitative estimate of drug-likeness (QED) is 0.442. The van der Waals surface area contributed by atoms with Crippen molar-refractivity contribution in [1.29, 1.82) is 0 Å². The van der Waals surface area contributed by atoms with Gasteiger partial charge in [0.2, 0.25) is 0 Å². The predicted molar refractivity (Wildman–Crippen MR) is 102 cm³/mol. The smallest absolute Gasteiger partial charge is 0.418 e. The van der Waals surface area contributed by atoms with Crippen molar-refractivity contribution < 1.29 is 19.1 Å². The molecule has 0 unspecified atom stereocenters. The molecule has 0 bridgehead atoms. The molecule has 2 rings (SSSR count). The van der Waals surface area contributed by atoms with Gasteiger partial charge in [-0.2, -0.15) is 0 Å². The number of esters is 2. The first-order valence-corrected chi connectivity index (χ1v) is 8.62. The third kappa shape index (κ3) is 4.94. The number of ether oxygens (including phenoxy) is 2. The van der Waals surface area contributed by atoms with Gasteiger partial charge in [-0.15, -0.1) is 0 Å². The third-order valence-corrected chi connectivity index (χ3v) is 3.98. The molecule has 0 aliphatic carbocycles. The van der Waals surface area contributed by atoms with Gasteiger partial charge in [0.25, 0.3) is 0 Å². The molecule has 0 fully saturated rings. The lowest BCUT2D eigenvalue weighted by Crippen LogP contribution is -2.27. The molecular weight excluding hydrogens is 328 g/mol. The van der Waals surface area contributed by atoms with Crippen LogP contribution in [0.1, 0.15) is 52.7 Å². The average Bonchev–Trinajstić information content (AvgIpc) is 2.54. The topological polar surface area (TPSA) is 52.6 Å². The third-order valence-electron chi connectivity index (χ3n) is 3.98. The minimum Gasteiger partial charge on any atom is -0.418 e. The summed E-state index contributed by atoms with van der Waals surface area (Å²) in [6.45, 7) is 12.5. The highest BCUT2D eigenvalue weighted by Gasteiger charge is 2.26. The molecule has 0 saturated heterocycles. The fourth-order valence-electron chi connectivity index (χ4n) is 2.45. The van der Waals surface area contributed by atoms with Crippen molar-refractivity contribution in [2.45, 2.75) is 52.4 Å². The summed E-state index contributed by atoms with van der Waals surface area (Å²) in [5, 5.41) is 0. The fraction of sp³-hybridized carbons (Fsp3) is 0.364. The van der Waals surface area contributed by atoms with Crippen molar-refractivity contribution in [1.82, 2.24) is 0 Å². The lowest BCUT2D eigenvalue weighted by atomic mass is 9.80. The van der Waals surface area contributed by atoms with E-state index < -0.39 is 11.9 Å². The fourth-order valence-corrected chi connectivity index (χ4v) is 2.45. The van der Waals surface area contributed by atoms with Gasteiger partial charge >= 0.3 is 11.9 Å². The number of benzene rings is 2. The van der Waals surface area contributed by atoms with Gasteiger partial charge in [0, 0.05) is 5.56 Å². The zero-order valence-electron chi connectivity index (χ0n) is 16.3. The highest BCUT2D eigenvalue weighted by atomic mass is 16.6. The molecule has 2 aromatic carbocycles. The van der Waals surface area contributed by atoms with E-state index in [9.17, 15) is 9.59 Å². The lowest BCUT2D eigenvalue weighted by molar-refractivity contribution is -0.156. The van der Waals surface area contributed by atoms with Gasteiger partial charge in [-0.1, -0.05) is 71.9 Å². The molecule has 0 amide bonds. The number of carbonyl (C=O) groups is 2. The molecule has 0 atom stereocenters. The zero-order valence-corrected chi connectivity index (χ0v) is 16.3. The monoisotopic (exact) mass is 354 g/mol. The van der Waals surface area contributed by atoms with E-state index >= 15 is 0 Å². The van der Waals surface area contributed by atoms with Crippen LogP contribution in [0.25, 0.3) is 0 Å². The predicted octanol–water partition coefficient (Wildman–Crippen LogP) is 4.79. The van der Waals surface area contributed by atoms with Gasteiger partial charge in [0.1, 0.15) is 11.5 Å². The molecule has 4 nitrogen and oxygen atoms in total. The second-order valence-corrected chi connectivity index (χ2v) is 8.30. The molecule has 2 aromatic rings. The van der Waals surface area contributed by atoms with Gasteiger partial charge < -0.3 is 9.47 Å². The zero-order chi connectivity index (χ0) is 19.5. The second kappa shape index (κ2) is 7.32. The number of carbonyl (C=O) groups excluding carboxylic acids is 2. The molecule has 4 heteroatoms. The number of para-hydroxylation sites is 1. The van der Waals surface area contributed by atoms with Crippen molar-refractivity contribution in [3.05, 3.63) is 59.7 Å². The summed E-state index contributed by atoms with van der Waals surface area (Å²) in [6.07, 6.45) is 0. The van der Waals surface area contributed by atoms with E-state index in [-0.39, 0.29) is 10.8 Å². The summed E-state index contributed by atoms with van der Waals surface area (Å²) in [4.78, 5) is 24.2. The van der Waals surface area contributed by atoms with E-state index in [4.69, 9.17) is 9.47 Å². The Morgan fingerprint density at radius 1 is 0.731 bits per heavy atom. The second-order valence-electron chi connectivity index (χ2n) is 8.30. The Bertz CT molecular complexity index is 793. The Kier molecular flexibility index (Phi) is 5.55. The Morgan fingerprint density at radius 2 is 1.31 bits per heavy atom. The minimum absolute atomic E-state index is 0.0330. The largest absolute Gasteiger partial charge is 0.423 e. The summed E-state index contributed by atoms with van der Waals surface area (Å²) in [5.41, 5.74) is 1.72. The summed E-state index contributed by atoms with van der Waals surface area (Å²) < 4.78 is 10.4. The summed E-state index contributed by atoms with van der Waals surface area (Å²) >= 11 is 0. The first-order chi connectivity index (χ1) is 12.0. The molecule has 0 heterocycles. The average molecular weight is 354 g/mol. The van der Waals surface area contributed by atoms with Crippen molar-refractivity contribution in [2.24, 2.45) is 0 Å². The molecule has 138 valence electrons. The van der Waals surface area contributed by atoms with Crippen LogP contribution in [0.15, 0.2) is 48.5 Å². The highest BCUT2D eigenvalue weighted by molar-refractivity contribution is 6.31. The maximum atomic E-state index is 12.2. The van der Waals surface area contributed by atoms with Crippen molar-refractivity contribution in [2.75, 3.05) is 0 Å². The van der Waals surface area contributed by atoms with Crippen molar-refractivity contribution >= 4 is 11.9 Å². The van der Waals surface area contributed by atoms with E-state index in [2.05, 4.69) is 20.8 Å². The molecule has 26 heavy (non-hydrogen) atoms. The van der Waals surface area contributed by atoms with E-state index in [0.29, 0.717) is 11.5 Å². The van der Waals surface area contributed by atoms with Gasteiger partial charge in [-0.05, 0) is 34.6 Å². The van der Waals surface area contributed by atoms with Crippen LogP contribution in [0, 0.1) is 0 Å². The molecule has 0 aliphatic rings. The van der Waals surface area contributed by atoms with E-state index in [1.165, 1.54) is 0 Å². The van der Waals surface area contributed by atoms with E-state index in [0.717, 1.165) is 11.1 Å². The Hall–Kier alpha value is -2.62. The molecule has 0 radical (unpaired) electrons. The molecule has 0 spiro atoms. The maximum absolute atomic E-state index is 12.2. The standard InChI is InChI=1S/C22H26O4/c1-21(2,3)15-12-13-18(17(14-15)22(4,5)6)26-20(24)19(23)25-16-10-8-7-9-11-16/h7-14H,1-6H3. The maximum Gasteiger partial charge on any atom is 0.423 e. The molecule has 0 aliphatic heterocycles. The first kappa shape index (κ1) is 19.7. The number of hydrogen-bond acceptors (Lipinski definition) is 4. The molecular formula is C22H26O4. The van der Waals surface area contributed by atoms with Crippen LogP contribution in [-0.4, -0.2) is 11.9 Å². The Labute approximate surface area is 155 Å². The lowest BCUT2D eigenvalue weighted by Gasteiger charge is -2.26. The first-order valence-electron chi connectivity index (χ1n) is 8.62. The van der Waals surface area contributed by atoms with Gasteiger partial charge in [-0.3, -0.25) is 0 Å². The normalized spacial score (nSPS) is 11.8. The number of hydrogen-bond donors (Lipinski definition) is 0. The van der Waals surface area contributed by atoms with Crippen LogP contribution < -0.4 is 9.47 Å². The summed E-state index contributed by atoms with van der Waals surface area (Å²) in [6, 6.07) is 14.1. The summed E-state index contributed by atoms with van der Waals surface area (Å²) in [7, 11) is 0. The van der Waals surface area contributed by atoms with E-state index in [1.807, 2.05) is 32.9 Å². The van der Waals surface area contributed by atoms with Crippen LogP contribution >= 0.6 is 0 Å². The molecule has 0 N–H and O–H groups in total. The van der Waals surface area contributed by atoms with Gasteiger partial charge in [0.15, 0.2) is 0 Å². The van der Waals surface area contributed by atoms with E-state index in [1.54, 1.807) is 36.4 Å². The van der Waals surface area contributed by atoms with Crippen LogP contribution in [0.4, 0.5) is 0 Å². The van der Waals surface area contributed by atoms with Crippen LogP contribution in [0.2, 0.25) is 0 Å². The Morgan fingerprint density at radius 3 is 1.85 bits per heavy atom. The van der Waals surface area contributed by atoms with Crippen molar-refractivity contribution in [3.63, 3.8) is 0 Å². The van der Waals surface area contributed by atoms with Gasteiger partial charge in [0.05, 0.1) is 0 Å². The summed E-state index contributed by atoms with van der Waals surface area (Å²) in [5.74, 6) is -1.41. The van der Waals surface area contributed by atoms with Gasteiger partial charge in [-0.25, -0.2) is 9.59 Å². The molecule has 0 aromatic heterocycles. The van der Waals surface area contributed by atoms with Crippen LogP contribution in [-0.2, 0) is 20.4 Å². The minimum atomic E-state index is -1.05. The van der Waals surface area contributed by atoms with Crippen LogP contribution in [0.5, 0.6) is 11.5 Å². The SMILES string of the molecule is CC(C)(C)c1ccc(OC(=O)C(=O)Oc2ccccc2)c(C(C)(C)C)c1. The highest BCUT2D eigenvalue weighted by Crippen LogP contribution is 2.35. The molecule has 0 saturated carbocycles. The Balaban J connectivity index is 2.25. The number of rotatable bonds is 2. The van der Waals surface area contributed by atoms with Crippen LogP contribution in [0.3, 0.4) is 0 Å².